The number of esters is 1. The topological polar surface area (TPSA) is 75.7 Å². The summed E-state index contributed by atoms with van der Waals surface area (Å²) in [6, 6.07) is 4.50. The number of nitrogens with zero attached hydrogens (tertiary/aromatic N) is 1. The van der Waals surface area contributed by atoms with Crippen LogP contribution in [0, 0.1) is 6.92 Å². The molecule has 1 aromatic heterocycles. The largest absolute Gasteiger partial charge is 0.462 e. The predicted octanol–water partition coefficient (Wildman–Crippen LogP) is 4.49. The lowest BCUT2D eigenvalue weighted by Crippen LogP contribution is -2.21. The van der Waals surface area contributed by atoms with Gasteiger partial charge in [-0.1, -0.05) is 23.2 Å². The Morgan fingerprint density at radius 2 is 1.89 bits per heavy atom. The highest BCUT2D eigenvalue weighted by molar-refractivity contribution is 7.18. The molecular weight excluding hydrogens is 411 g/mol. The molecule has 0 radical (unpaired) electrons. The molecule has 1 heterocycles. The minimum absolute atomic E-state index is 0.151. The standard InChI is InChI=1S/C18H18Cl2N2O4S/c1-5-26-18(25)13-9(2)14(17(24)22(3)4)27-16(13)21-15(23)11-8-10(19)6-7-12(11)20/h6-8H,5H2,1-4H3,(H,21,23). The monoisotopic (exact) mass is 428 g/mol. The molecule has 6 nitrogen and oxygen atoms in total. The Balaban J connectivity index is 2.49. The summed E-state index contributed by atoms with van der Waals surface area (Å²) in [7, 11) is 3.21. The number of halogens is 2. The van der Waals surface area contributed by atoms with Gasteiger partial charge in [0.2, 0.25) is 0 Å². The molecule has 1 aromatic carbocycles. The first-order valence-corrected chi connectivity index (χ1v) is 9.53. The van der Waals surface area contributed by atoms with Crippen molar-refractivity contribution in [2.75, 3.05) is 26.0 Å². The molecule has 0 atom stereocenters. The summed E-state index contributed by atoms with van der Waals surface area (Å²) in [6.45, 7) is 3.48. The number of thiophene rings is 1. The molecule has 9 heteroatoms. The van der Waals surface area contributed by atoms with Gasteiger partial charge < -0.3 is 15.0 Å². The molecular formula is C18H18Cl2N2O4S. The van der Waals surface area contributed by atoms with Crippen molar-refractivity contribution in [3.8, 4) is 0 Å². The Kier molecular flexibility index (Phi) is 6.86. The second kappa shape index (κ2) is 8.73. The summed E-state index contributed by atoms with van der Waals surface area (Å²) in [5.74, 6) is -1.43. The van der Waals surface area contributed by atoms with Gasteiger partial charge in [0, 0.05) is 19.1 Å². The first-order chi connectivity index (χ1) is 12.7. The molecule has 0 spiro atoms. The second-order valence-corrected chi connectivity index (χ2v) is 7.62. The van der Waals surface area contributed by atoms with E-state index in [1.54, 1.807) is 34.0 Å². The van der Waals surface area contributed by atoms with E-state index in [4.69, 9.17) is 27.9 Å². The normalized spacial score (nSPS) is 10.4. The van der Waals surface area contributed by atoms with E-state index in [-0.39, 0.29) is 33.7 Å². The number of carbonyl (C=O) groups excluding carboxylic acids is 3. The number of anilines is 1. The lowest BCUT2D eigenvalue weighted by Gasteiger charge is -2.09. The van der Waals surface area contributed by atoms with E-state index in [2.05, 4.69) is 5.32 Å². The van der Waals surface area contributed by atoms with Gasteiger partial charge in [0.1, 0.15) is 5.00 Å². The van der Waals surface area contributed by atoms with Crippen molar-refractivity contribution in [3.63, 3.8) is 0 Å². The quantitative estimate of drug-likeness (QED) is 0.711. The SMILES string of the molecule is CCOC(=O)c1c(NC(=O)c2cc(Cl)ccc2Cl)sc(C(=O)N(C)C)c1C. The average Bonchev–Trinajstić information content (AvgIpc) is 2.92. The van der Waals surface area contributed by atoms with Crippen LogP contribution in [0.25, 0.3) is 0 Å². The van der Waals surface area contributed by atoms with Crippen molar-refractivity contribution >= 4 is 57.3 Å². The first-order valence-electron chi connectivity index (χ1n) is 7.95. The van der Waals surface area contributed by atoms with Gasteiger partial charge in [0.05, 0.1) is 27.6 Å². The molecule has 27 heavy (non-hydrogen) atoms. The van der Waals surface area contributed by atoms with Crippen molar-refractivity contribution in [1.29, 1.82) is 0 Å². The number of carbonyl (C=O) groups is 3. The van der Waals surface area contributed by atoms with E-state index in [9.17, 15) is 14.4 Å². The highest BCUT2D eigenvalue weighted by Gasteiger charge is 2.27. The minimum Gasteiger partial charge on any atom is -0.462 e. The Morgan fingerprint density at radius 3 is 2.48 bits per heavy atom. The molecule has 0 fully saturated rings. The molecule has 1 N–H and O–H groups in total. The zero-order valence-electron chi connectivity index (χ0n) is 15.2. The maximum Gasteiger partial charge on any atom is 0.341 e. The van der Waals surface area contributed by atoms with Crippen molar-refractivity contribution < 1.29 is 19.1 Å². The molecule has 2 amide bonds. The average molecular weight is 429 g/mol. The van der Waals surface area contributed by atoms with Crippen molar-refractivity contribution in [3.05, 3.63) is 49.8 Å². The Labute approximate surface area is 171 Å². The number of rotatable bonds is 5. The molecule has 2 aromatic rings. The van der Waals surface area contributed by atoms with Crippen LogP contribution in [0.1, 0.15) is 42.9 Å². The summed E-state index contributed by atoms with van der Waals surface area (Å²) < 4.78 is 5.08. The van der Waals surface area contributed by atoms with Crippen LogP contribution in [0.2, 0.25) is 10.0 Å². The van der Waals surface area contributed by atoms with E-state index in [1.165, 1.54) is 17.0 Å². The van der Waals surface area contributed by atoms with Gasteiger partial charge in [0.15, 0.2) is 0 Å². The second-order valence-electron chi connectivity index (χ2n) is 5.76. The van der Waals surface area contributed by atoms with Gasteiger partial charge in [-0.15, -0.1) is 11.3 Å². The molecule has 0 aliphatic carbocycles. The molecule has 2 rings (SSSR count). The van der Waals surface area contributed by atoms with Crippen LogP contribution in [0.3, 0.4) is 0 Å². The Bertz CT molecular complexity index is 909. The van der Waals surface area contributed by atoms with Gasteiger partial charge in [-0.25, -0.2) is 4.79 Å². The molecule has 0 aliphatic heterocycles. The lowest BCUT2D eigenvalue weighted by atomic mass is 10.1. The fraction of sp³-hybridized carbons (Fsp3) is 0.278. The summed E-state index contributed by atoms with van der Waals surface area (Å²) >= 11 is 13.0. The summed E-state index contributed by atoms with van der Waals surface area (Å²) in [5.41, 5.74) is 0.758. The zero-order chi connectivity index (χ0) is 20.3. The van der Waals surface area contributed by atoms with Gasteiger partial charge >= 0.3 is 5.97 Å². The van der Waals surface area contributed by atoms with Crippen LogP contribution < -0.4 is 5.32 Å². The van der Waals surface area contributed by atoms with E-state index < -0.39 is 11.9 Å². The number of amides is 2. The van der Waals surface area contributed by atoms with Crippen LogP contribution in [-0.2, 0) is 4.74 Å². The van der Waals surface area contributed by atoms with Gasteiger partial charge in [0.25, 0.3) is 11.8 Å². The van der Waals surface area contributed by atoms with Gasteiger partial charge in [-0.2, -0.15) is 0 Å². The molecule has 0 bridgehead atoms. The maximum atomic E-state index is 12.6. The van der Waals surface area contributed by atoms with Gasteiger partial charge in [-0.05, 0) is 37.6 Å². The third-order valence-electron chi connectivity index (χ3n) is 3.63. The number of hydrogen-bond donors (Lipinski definition) is 1. The molecule has 0 unspecified atom stereocenters. The van der Waals surface area contributed by atoms with Crippen molar-refractivity contribution in [1.82, 2.24) is 4.90 Å². The van der Waals surface area contributed by atoms with Crippen LogP contribution in [0.5, 0.6) is 0 Å². The third kappa shape index (κ3) is 4.61. The number of ether oxygens (including phenoxy) is 1. The molecule has 0 saturated heterocycles. The number of nitrogens with one attached hydrogen (secondary N) is 1. The smallest absolute Gasteiger partial charge is 0.341 e. The third-order valence-corrected chi connectivity index (χ3v) is 5.39. The maximum absolute atomic E-state index is 12.6. The van der Waals surface area contributed by atoms with E-state index in [0.717, 1.165) is 11.3 Å². The Morgan fingerprint density at radius 1 is 1.22 bits per heavy atom. The van der Waals surface area contributed by atoms with Crippen LogP contribution in [0.4, 0.5) is 5.00 Å². The fourth-order valence-corrected chi connectivity index (χ4v) is 3.89. The summed E-state index contributed by atoms with van der Waals surface area (Å²) in [5, 5.41) is 3.44. The number of benzene rings is 1. The fourth-order valence-electron chi connectivity index (χ4n) is 2.30. The van der Waals surface area contributed by atoms with Crippen LogP contribution >= 0.6 is 34.5 Å². The van der Waals surface area contributed by atoms with Crippen molar-refractivity contribution in [2.45, 2.75) is 13.8 Å². The zero-order valence-corrected chi connectivity index (χ0v) is 17.5. The predicted molar refractivity (Wildman–Crippen MR) is 107 cm³/mol. The highest BCUT2D eigenvalue weighted by Crippen LogP contribution is 2.35. The summed E-state index contributed by atoms with van der Waals surface area (Å²) in [4.78, 5) is 39.2. The summed E-state index contributed by atoms with van der Waals surface area (Å²) in [6.07, 6.45) is 0. The lowest BCUT2D eigenvalue weighted by molar-refractivity contribution is 0.0527. The molecule has 0 aliphatic rings. The first kappa shape index (κ1) is 21.2. The van der Waals surface area contributed by atoms with Crippen molar-refractivity contribution in [2.24, 2.45) is 0 Å². The molecule has 144 valence electrons. The minimum atomic E-state index is -0.614. The molecule has 0 saturated carbocycles. The number of hydrogen-bond acceptors (Lipinski definition) is 5. The Hall–Kier alpha value is -2.09. The van der Waals surface area contributed by atoms with E-state index in [1.807, 2.05) is 0 Å². The van der Waals surface area contributed by atoms with Crippen LogP contribution in [-0.4, -0.2) is 43.4 Å². The van der Waals surface area contributed by atoms with Crippen LogP contribution in [0.15, 0.2) is 18.2 Å². The van der Waals surface area contributed by atoms with E-state index >= 15 is 0 Å². The highest BCUT2D eigenvalue weighted by atomic mass is 35.5. The van der Waals surface area contributed by atoms with Gasteiger partial charge in [-0.3, -0.25) is 9.59 Å². The van der Waals surface area contributed by atoms with E-state index in [0.29, 0.717) is 15.5 Å².